The molecule has 1 unspecified atom stereocenters. The fourth-order valence-electron chi connectivity index (χ4n) is 1.89. The van der Waals surface area contributed by atoms with Crippen molar-refractivity contribution in [3.05, 3.63) is 24.3 Å². The molecule has 0 aliphatic carbocycles. The lowest BCUT2D eigenvalue weighted by atomic mass is 10.1. The number of amides is 1. The Morgan fingerprint density at radius 1 is 1.50 bits per heavy atom. The smallest absolute Gasteiger partial charge is 0.255 e. The molecule has 86 valence electrons. The number of piperidine rings is 1. The maximum Gasteiger partial charge on any atom is 0.255 e. The first-order chi connectivity index (χ1) is 7.72. The van der Waals surface area contributed by atoms with E-state index in [4.69, 9.17) is 4.74 Å². The molecule has 1 fully saturated rings. The molecule has 16 heavy (non-hydrogen) atoms. The lowest BCUT2D eigenvalue weighted by Crippen LogP contribution is -2.44. The molecule has 1 aliphatic heterocycles. The van der Waals surface area contributed by atoms with Gasteiger partial charge in [0.2, 0.25) is 0 Å². The molecule has 4 heteroatoms. The fourth-order valence-corrected chi connectivity index (χ4v) is 1.89. The first-order valence-corrected chi connectivity index (χ1v) is 5.36. The number of methoxy groups -OCH3 is 1. The Bertz CT molecular complexity index is 392. The summed E-state index contributed by atoms with van der Waals surface area (Å²) in [6, 6.07) is 7.31. The van der Waals surface area contributed by atoms with Gasteiger partial charge in [-0.1, -0.05) is 6.07 Å². The molecule has 0 radical (unpaired) electrons. The van der Waals surface area contributed by atoms with E-state index in [2.05, 4.69) is 0 Å². The molecule has 1 aromatic rings. The predicted octanol–water partition coefficient (Wildman–Crippen LogP) is 1.18. The maximum absolute atomic E-state index is 11.8. The molecule has 4 nitrogen and oxygen atoms in total. The van der Waals surface area contributed by atoms with Crippen molar-refractivity contribution in [1.82, 2.24) is 0 Å². The van der Waals surface area contributed by atoms with Crippen LogP contribution in [0.5, 0.6) is 5.75 Å². The Kier molecular flexibility index (Phi) is 3.10. The number of benzene rings is 1. The Morgan fingerprint density at radius 2 is 2.31 bits per heavy atom. The molecule has 1 amide bonds. The van der Waals surface area contributed by atoms with Crippen LogP contribution in [0.25, 0.3) is 0 Å². The van der Waals surface area contributed by atoms with Crippen molar-refractivity contribution < 1.29 is 14.6 Å². The van der Waals surface area contributed by atoms with Crippen LogP contribution in [0.3, 0.4) is 0 Å². The second-order valence-corrected chi connectivity index (χ2v) is 3.85. The van der Waals surface area contributed by atoms with Crippen molar-refractivity contribution in [2.24, 2.45) is 0 Å². The van der Waals surface area contributed by atoms with Crippen molar-refractivity contribution in [1.29, 1.82) is 0 Å². The molecular weight excluding hydrogens is 206 g/mol. The van der Waals surface area contributed by atoms with Crippen molar-refractivity contribution >= 4 is 11.6 Å². The molecule has 1 atom stereocenters. The van der Waals surface area contributed by atoms with Crippen LogP contribution >= 0.6 is 0 Å². The standard InChI is InChI=1S/C12H15NO3/c1-16-10-5-2-4-9(8-10)13-7-3-6-11(14)12(13)15/h2,4-5,8,11,14H,3,6-7H2,1H3. The Morgan fingerprint density at radius 3 is 3.06 bits per heavy atom. The second kappa shape index (κ2) is 4.53. The zero-order valence-electron chi connectivity index (χ0n) is 9.22. The number of carbonyl (C=O) groups is 1. The van der Waals surface area contributed by atoms with E-state index in [0.717, 1.165) is 12.1 Å². The Hall–Kier alpha value is -1.55. The van der Waals surface area contributed by atoms with E-state index in [1.807, 2.05) is 18.2 Å². The average Bonchev–Trinajstić information content (AvgIpc) is 2.33. The van der Waals surface area contributed by atoms with Crippen LogP contribution in [-0.4, -0.2) is 30.8 Å². The number of aliphatic hydroxyl groups is 1. The normalized spacial score (nSPS) is 21.0. The van der Waals surface area contributed by atoms with E-state index in [1.165, 1.54) is 0 Å². The first-order valence-electron chi connectivity index (χ1n) is 5.36. The number of rotatable bonds is 2. The number of hydrogen-bond donors (Lipinski definition) is 1. The summed E-state index contributed by atoms with van der Waals surface area (Å²) < 4.78 is 5.11. The highest BCUT2D eigenvalue weighted by molar-refractivity contribution is 5.97. The summed E-state index contributed by atoms with van der Waals surface area (Å²) in [5, 5.41) is 9.51. The molecule has 1 aliphatic rings. The van der Waals surface area contributed by atoms with Gasteiger partial charge in [-0.25, -0.2) is 0 Å². The molecule has 0 aromatic heterocycles. The summed E-state index contributed by atoms with van der Waals surface area (Å²) in [4.78, 5) is 13.4. The molecule has 0 spiro atoms. The minimum Gasteiger partial charge on any atom is -0.497 e. The maximum atomic E-state index is 11.8. The summed E-state index contributed by atoms with van der Waals surface area (Å²) in [7, 11) is 1.59. The summed E-state index contributed by atoms with van der Waals surface area (Å²) in [5.41, 5.74) is 0.781. The summed E-state index contributed by atoms with van der Waals surface area (Å²) in [6.07, 6.45) is 0.517. The molecule has 0 bridgehead atoms. The van der Waals surface area contributed by atoms with Gasteiger partial charge in [-0.15, -0.1) is 0 Å². The SMILES string of the molecule is COc1cccc(N2CCCC(O)C2=O)c1. The van der Waals surface area contributed by atoms with E-state index in [0.29, 0.717) is 18.7 Å². The highest BCUT2D eigenvalue weighted by Crippen LogP contribution is 2.24. The molecular formula is C12H15NO3. The minimum absolute atomic E-state index is 0.223. The van der Waals surface area contributed by atoms with Gasteiger partial charge >= 0.3 is 0 Å². The topological polar surface area (TPSA) is 49.8 Å². The van der Waals surface area contributed by atoms with Crippen LogP contribution in [0.2, 0.25) is 0 Å². The van der Waals surface area contributed by atoms with Crippen LogP contribution in [-0.2, 0) is 4.79 Å². The largest absolute Gasteiger partial charge is 0.497 e. The highest BCUT2D eigenvalue weighted by Gasteiger charge is 2.27. The molecule has 2 rings (SSSR count). The lowest BCUT2D eigenvalue weighted by molar-refractivity contribution is -0.128. The van der Waals surface area contributed by atoms with Gasteiger partial charge in [0.15, 0.2) is 0 Å². The average molecular weight is 221 g/mol. The third-order valence-electron chi connectivity index (χ3n) is 2.78. The van der Waals surface area contributed by atoms with E-state index in [-0.39, 0.29) is 5.91 Å². The number of aliphatic hydroxyl groups excluding tert-OH is 1. The van der Waals surface area contributed by atoms with Crippen molar-refractivity contribution in [2.75, 3.05) is 18.6 Å². The third kappa shape index (κ3) is 2.02. The number of anilines is 1. The van der Waals surface area contributed by atoms with Crippen LogP contribution < -0.4 is 9.64 Å². The molecule has 1 heterocycles. The third-order valence-corrected chi connectivity index (χ3v) is 2.78. The van der Waals surface area contributed by atoms with Crippen LogP contribution in [0, 0.1) is 0 Å². The number of hydrogen-bond acceptors (Lipinski definition) is 3. The molecule has 1 saturated heterocycles. The van der Waals surface area contributed by atoms with Gasteiger partial charge in [0.1, 0.15) is 11.9 Å². The van der Waals surface area contributed by atoms with Gasteiger partial charge in [-0.05, 0) is 25.0 Å². The van der Waals surface area contributed by atoms with Gasteiger partial charge in [-0.2, -0.15) is 0 Å². The van der Waals surface area contributed by atoms with Gasteiger partial charge in [0.25, 0.3) is 5.91 Å². The summed E-state index contributed by atoms with van der Waals surface area (Å²) in [6.45, 7) is 0.656. The zero-order chi connectivity index (χ0) is 11.5. The van der Waals surface area contributed by atoms with Crippen molar-refractivity contribution in [3.63, 3.8) is 0 Å². The number of nitrogens with zero attached hydrogens (tertiary/aromatic N) is 1. The molecule has 0 saturated carbocycles. The second-order valence-electron chi connectivity index (χ2n) is 3.85. The van der Waals surface area contributed by atoms with E-state index in [1.54, 1.807) is 18.1 Å². The highest BCUT2D eigenvalue weighted by atomic mass is 16.5. The molecule has 1 aromatic carbocycles. The number of ether oxygens (including phenoxy) is 1. The number of carbonyl (C=O) groups excluding carboxylic acids is 1. The lowest BCUT2D eigenvalue weighted by Gasteiger charge is -2.29. The summed E-state index contributed by atoms with van der Waals surface area (Å²) in [5.74, 6) is 0.491. The van der Waals surface area contributed by atoms with Gasteiger partial charge < -0.3 is 14.7 Å². The fraction of sp³-hybridized carbons (Fsp3) is 0.417. The van der Waals surface area contributed by atoms with Crippen molar-refractivity contribution in [2.45, 2.75) is 18.9 Å². The predicted molar refractivity (Wildman–Crippen MR) is 60.6 cm³/mol. The zero-order valence-corrected chi connectivity index (χ0v) is 9.22. The van der Waals surface area contributed by atoms with Gasteiger partial charge in [0.05, 0.1) is 7.11 Å². The summed E-state index contributed by atoms with van der Waals surface area (Å²) >= 11 is 0. The van der Waals surface area contributed by atoms with Crippen molar-refractivity contribution in [3.8, 4) is 5.75 Å². The quantitative estimate of drug-likeness (QED) is 0.816. The van der Waals surface area contributed by atoms with E-state index < -0.39 is 6.10 Å². The van der Waals surface area contributed by atoms with E-state index >= 15 is 0 Å². The van der Waals surface area contributed by atoms with Gasteiger partial charge in [0, 0.05) is 18.3 Å². The minimum atomic E-state index is -0.861. The van der Waals surface area contributed by atoms with Crippen LogP contribution in [0.15, 0.2) is 24.3 Å². The van der Waals surface area contributed by atoms with E-state index in [9.17, 15) is 9.90 Å². The monoisotopic (exact) mass is 221 g/mol. The van der Waals surface area contributed by atoms with Crippen LogP contribution in [0.1, 0.15) is 12.8 Å². The Balaban J connectivity index is 2.25. The van der Waals surface area contributed by atoms with Gasteiger partial charge in [-0.3, -0.25) is 4.79 Å². The Labute approximate surface area is 94.4 Å². The molecule has 1 N–H and O–H groups in total. The first kappa shape index (κ1) is 11.0. The van der Waals surface area contributed by atoms with Crippen LogP contribution in [0.4, 0.5) is 5.69 Å².